The normalized spacial score (nSPS) is 10.2. The Balaban J connectivity index is 2.00. The lowest BCUT2D eigenvalue weighted by molar-refractivity contribution is 0.0978. The van der Waals surface area contributed by atoms with E-state index in [0.29, 0.717) is 23.1 Å². The van der Waals surface area contributed by atoms with Gasteiger partial charge in [0.2, 0.25) is 5.95 Å². The number of carbonyl (C=O) groups is 1. The maximum Gasteiger partial charge on any atom is 0.258 e. The molecule has 0 atom stereocenters. The fraction of sp³-hybridized carbons (Fsp3) is 0.250. The standard InChI is InChI=1S/C12H13ClN6OS/c1-2-7-19-11(16-17-18-19)15-12(21)14-10(20)8-5-3-4-6-9(8)13/h3-6H,2,7H2,1H3,(H2,14,15,16,18,20,21). The molecular weight excluding hydrogens is 312 g/mol. The van der Waals surface area contributed by atoms with Gasteiger partial charge in [0, 0.05) is 6.54 Å². The summed E-state index contributed by atoms with van der Waals surface area (Å²) in [6.45, 7) is 2.65. The predicted octanol–water partition coefficient (Wildman–Crippen LogP) is 1.86. The topological polar surface area (TPSA) is 84.7 Å². The molecule has 2 aromatic rings. The van der Waals surface area contributed by atoms with E-state index in [-0.39, 0.29) is 5.11 Å². The second-order valence-corrected chi connectivity index (χ2v) is 4.93. The summed E-state index contributed by atoms with van der Waals surface area (Å²) < 4.78 is 1.56. The van der Waals surface area contributed by atoms with Crippen LogP contribution in [-0.2, 0) is 6.54 Å². The summed E-state index contributed by atoms with van der Waals surface area (Å²) in [5.41, 5.74) is 0.344. The molecule has 110 valence electrons. The minimum atomic E-state index is -0.396. The number of hydrogen-bond acceptors (Lipinski definition) is 5. The van der Waals surface area contributed by atoms with Crippen molar-refractivity contribution in [3.63, 3.8) is 0 Å². The van der Waals surface area contributed by atoms with Crippen LogP contribution in [0.2, 0.25) is 5.02 Å². The van der Waals surface area contributed by atoms with E-state index in [1.54, 1.807) is 28.9 Å². The average Bonchev–Trinajstić information content (AvgIpc) is 2.86. The van der Waals surface area contributed by atoms with Crippen LogP contribution in [0.4, 0.5) is 5.95 Å². The molecular formula is C12H13ClN6OS. The first-order valence-corrected chi connectivity index (χ1v) is 7.03. The van der Waals surface area contributed by atoms with Gasteiger partial charge in [-0.1, -0.05) is 35.8 Å². The predicted molar refractivity (Wildman–Crippen MR) is 83.2 cm³/mol. The molecule has 1 aromatic heterocycles. The Hall–Kier alpha value is -2.06. The second-order valence-electron chi connectivity index (χ2n) is 4.11. The van der Waals surface area contributed by atoms with E-state index in [1.807, 2.05) is 6.92 Å². The fourth-order valence-corrected chi connectivity index (χ4v) is 2.01. The smallest absolute Gasteiger partial charge is 0.258 e. The molecule has 1 aromatic carbocycles. The molecule has 21 heavy (non-hydrogen) atoms. The number of benzene rings is 1. The van der Waals surface area contributed by atoms with Crippen LogP contribution in [0.1, 0.15) is 23.7 Å². The largest absolute Gasteiger partial charge is 0.300 e. The highest BCUT2D eigenvalue weighted by atomic mass is 35.5. The van der Waals surface area contributed by atoms with Crippen molar-refractivity contribution in [2.75, 3.05) is 5.32 Å². The van der Waals surface area contributed by atoms with Gasteiger partial charge in [-0.25, -0.2) is 4.68 Å². The number of nitrogens with one attached hydrogen (secondary N) is 2. The summed E-state index contributed by atoms with van der Waals surface area (Å²) in [5.74, 6) is -0.0195. The van der Waals surface area contributed by atoms with Crippen molar-refractivity contribution in [3.05, 3.63) is 34.9 Å². The molecule has 0 saturated carbocycles. The third kappa shape index (κ3) is 3.96. The maximum absolute atomic E-state index is 12.0. The van der Waals surface area contributed by atoms with E-state index < -0.39 is 5.91 Å². The summed E-state index contributed by atoms with van der Waals surface area (Å²) in [7, 11) is 0. The number of thiocarbonyl (C=S) groups is 1. The van der Waals surface area contributed by atoms with Crippen molar-refractivity contribution in [1.82, 2.24) is 25.5 Å². The van der Waals surface area contributed by atoms with Crippen LogP contribution >= 0.6 is 23.8 Å². The SMILES string of the molecule is CCCn1nnnc1NC(=S)NC(=O)c1ccccc1Cl. The van der Waals surface area contributed by atoms with E-state index in [4.69, 9.17) is 23.8 Å². The van der Waals surface area contributed by atoms with Gasteiger partial charge >= 0.3 is 0 Å². The molecule has 9 heteroatoms. The van der Waals surface area contributed by atoms with Crippen LogP contribution in [0.15, 0.2) is 24.3 Å². The van der Waals surface area contributed by atoms with Crippen molar-refractivity contribution in [3.8, 4) is 0 Å². The number of aryl methyl sites for hydroxylation is 1. The van der Waals surface area contributed by atoms with Crippen LogP contribution in [0.3, 0.4) is 0 Å². The molecule has 0 aliphatic rings. The number of hydrogen-bond donors (Lipinski definition) is 2. The van der Waals surface area contributed by atoms with Crippen molar-refractivity contribution in [2.24, 2.45) is 0 Å². The van der Waals surface area contributed by atoms with Gasteiger partial charge in [0.05, 0.1) is 10.6 Å². The minimum absolute atomic E-state index is 0.104. The van der Waals surface area contributed by atoms with Crippen molar-refractivity contribution >= 4 is 40.8 Å². The average molecular weight is 325 g/mol. The van der Waals surface area contributed by atoms with Crippen molar-refractivity contribution in [1.29, 1.82) is 0 Å². The Morgan fingerprint density at radius 2 is 2.19 bits per heavy atom. The molecule has 0 fully saturated rings. The van der Waals surface area contributed by atoms with Gasteiger partial charge < -0.3 is 0 Å². The van der Waals surface area contributed by atoms with Gasteiger partial charge in [-0.3, -0.25) is 15.4 Å². The molecule has 2 N–H and O–H groups in total. The third-order valence-electron chi connectivity index (χ3n) is 2.54. The zero-order valence-electron chi connectivity index (χ0n) is 11.2. The number of aromatic nitrogens is 4. The van der Waals surface area contributed by atoms with Gasteiger partial charge in [-0.05, 0) is 41.2 Å². The molecule has 1 heterocycles. The highest BCUT2D eigenvalue weighted by Gasteiger charge is 2.13. The molecule has 1 amide bonds. The Bertz CT molecular complexity index is 659. The van der Waals surface area contributed by atoms with Crippen LogP contribution in [-0.4, -0.2) is 31.2 Å². The number of tetrazole rings is 1. The minimum Gasteiger partial charge on any atom is -0.300 e. The van der Waals surface area contributed by atoms with E-state index in [0.717, 1.165) is 6.42 Å². The lowest BCUT2D eigenvalue weighted by Crippen LogP contribution is -2.35. The lowest BCUT2D eigenvalue weighted by Gasteiger charge is -2.09. The van der Waals surface area contributed by atoms with Crippen molar-refractivity contribution < 1.29 is 4.79 Å². The number of anilines is 1. The van der Waals surface area contributed by atoms with Crippen LogP contribution in [0, 0.1) is 0 Å². The van der Waals surface area contributed by atoms with Crippen LogP contribution in [0.5, 0.6) is 0 Å². The molecule has 0 unspecified atom stereocenters. The van der Waals surface area contributed by atoms with Gasteiger partial charge in [-0.2, -0.15) is 0 Å². The number of rotatable bonds is 4. The first kappa shape index (κ1) is 15.3. The molecule has 0 aliphatic heterocycles. The van der Waals surface area contributed by atoms with Gasteiger partial charge in [-0.15, -0.1) is 0 Å². The second kappa shape index (κ2) is 7.09. The van der Waals surface area contributed by atoms with E-state index in [2.05, 4.69) is 26.2 Å². The summed E-state index contributed by atoms with van der Waals surface area (Å²) in [6, 6.07) is 6.71. The summed E-state index contributed by atoms with van der Waals surface area (Å²) in [6.07, 6.45) is 0.873. The zero-order chi connectivity index (χ0) is 15.2. The summed E-state index contributed by atoms with van der Waals surface area (Å²) in [4.78, 5) is 12.0. The molecule has 2 rings (SSSR count). The Morgan fingerprint density at radius 1 is 1.43 bits per heavy atom. The highest BCUT2D eigenvalue weighted by Crippen LogP contribution is 2.14. The summed E-state index contributed by atoms with van der Waals surface area (Å²) >= 11 is 11.0. The van der Waals surface area contributed by atoms with Gasteiger partial charge in [0.25, 0.3) is 5.91 Å². The van der Waals surface area contributed by atoms with Crippen LogP contribution < -0.4 is 10.6 Å². The number of carbonyl (C=O) groups excluding carboxylic acids is 1. The maximum atomic E-state index is 12.0. The van der Waals surface area contributed by atoms with Crippen molar-refractivity contribution in [2.45, 2.75) is 19.9 Å². The molecule has 0 radical (unpaired) electrons. The van der Waals surface area contributed by atoms with Crippen LogP contribution in [0.25, 0.3) is 0 Å². The van der Waals surface area contributed by atoms with Gasteiger partial charge in [0.1, 0.15) is 0 Å². The quantitative estimate of drug-likeness (QED) is 0.835. The molecule has 0 aliphatic carbocycles. The van der Waals surface area contributed by atoms with E-state index >= 15 is 0 Å². The first-order valence-electron chi connectivity index (χ1n) is 6.25. The zero-order valence-corrected chi connectivity index (χ0v) is 12.8. The number of nitrogens with zero attached hydrogens (tertiary/aromatic N) is 4. The lowest BCUT2D eigenvalue weighted by atomic mass is 10.2. The monoisotopic (exact) mass is 324 g/mol. The van der Waals surface area contributed by atoms with Gasteiger partial charge in [0.15, 0.2) is 5.11 Å². The molecule has 7 nitrogen and oxygen atoms in total. The number of halogens is 1. The summed E-state index contributed by atoms with van der Waals surface area (Å²) in [5, 5.41) is 16.9. The Labute approximate surface area is 131 Å². The Morgan fingerprint density at radius 3 is 2.90 bits per heavy atom. The third-order valence-corrected chi connectivity index (χ3v) is 3.07. The Kier molecular flexibility index (Phi) is 5.18. The highest BCUT2D eigenvalue weighted by molar-refractivity contribution is 7.80. The van der Waals surface area contributed by atoms with E-state index in [9.17, 15) is 4.79 Å². The molecule has 0 spiro atoms. The number of amides is 1. The molecule has 0 saturated heterocycles. The van der Waals surface area contributed by atoms with E-state index in [1.165, 1.54) is 0 Å². The first-order chi connectivity index (χ1) is 10.1. The fourth-order valence-electron chi connectivity index (χ4n) is 1.61. The molecule has 0 bridgehead atoms.